The van der Waals surface area contributed by atoms with E-state index in [1.165, 1.54) is 353 Å². The molecule has 2 unspecified atom stereocenters. The summed E-state index contributed by atoms with van der Waals surface area (Å²) in [5, 5.41) is 23.4. The average molecular weight is 1100 g/mol. The van der Waals surface area contributed by atoms with Crippen LogP contribution in [0.25, 0.3) is 0 Å². The third-order valence-corrected chi connectivity index (χ3v) is 17.4. The molecule has 0 aliphatic carbocycles. The molecular formula is C72H143NO5. The van der Waals surface area contributed by atoms with Crippen molar-refractivity contribution in [2.75, 3.05) is 13.2 Å². The normalized spacial score (nSPS) is 12.4. The number of amides is 1. The van der Waals surface area contributed by atoms with Crippen LogP contribution in [-0.4, -0.2) is 47.4 Å². The molecule has 0 aliphatic rings. The highest BCUT2D eigenvalue weighted by Gasteiger charge is 2.20. The van der Waals surface area contributed by atoms with Crippen LogP contribution in [0.1, 0.15) is 425 Å². The molecule has 3 N–H and O–H groups in total. The summed E-state index contributed by atoms with van der Waals surface area (Å²) in [4.78, 5) is 24.7. The maximum atomic E-state index is 12.5. The van der Waals surface area contributed by atoms with Crippen LogP contribution in [0, 0.1) is 0 Å². The van der Waals surface area contributed by atoms with Crippen LogP contribution >= 0.6 is 0 Å². The minimum atomic E-state index is -0.664. The van der Waals surface area contributed by atoms with E-state index in [1.54, 1.807) is 0 Å². The molecular weight excluding hydrogens is 959 g/mol. The fourth-order valence-electron chi connectivity index (χ4n) is 11.9. The van der Waals surface area contributed by atoms with Crippen molar-refractivity contribution in [1.82, 2.24) is 5.32 Å². The number of ether oxygens (including phenoxy) is 1. The first-order valence-electron chi connectivity index (χ1n) is 36.3. The van der Waals surface area contributed by atoms with Crippen molar-refractivity contribution in [3.63, 3.8) is 0 Å². The molecule has 0 aromatic carbocycles. The molecule has 0 spiro atoms. The molecule has 0 aromatic rings. The molecule has 1 amide bonds. The number of nitrogens with one attached hydrogen (secondary N) is 1. The van der Waals surface area contributed by atoms with Gasteiger partial charge < -0.3 is 20.3 Å². The van der Waals surface area contributed by atoms with E-state index in [1.807, 2.05) is 0 Å². The third-order valence-electron chi connectivity index (χ3n) is 17.4. The number of hydrogen-bond acceptors (Lipinski definition) is 5. The molecule has 0 radical (unpaired) electrons. The Balaban J connectivity index is 3.35. The Morgan fingerprint density at radius 2 is 0.526 bits per heavy atom. The van der Waals surface area contributed by atoms with Gasteiger partial charge in [-0.1, -0.05) is 386 Å². The maximum Gasteiger partial charge on any atom is 0.305 e. The zero-order valence-corrected chi connectivity index (χ0v) is 53.4. The minimum absolute atomic E-state index is 0.0200. The van der Waals surface area contributed by atoms with Crippen LogP contribution in [0.2, 0.25) is 0 Å². The standard InChI is InChI=1S/C72H143NO5/c1-3-5-7-9-11-13-15-17-19-21-22-26-29-33-36-40-44-48-52-56-60-64-70(75)69(68-74)73-71(76)65-61-57-53-49-45-41-37-34-30-27-24-23-25-28-31-35-39-43-47-51-55-59-63-67-78-72(77)66-62-58-54-50-46-42-38-32-20-18-16-14-12-10-8-6-4-2/h69-70,74-75H,3-68H2,1-2H3,(H,73,76). The van der Waals surface area contributed by atoms with Gasteiger partial charge in [-0.2, -0.15) is 0 Å². The van der Waals surface area contributed by atoms with Gasteiger partial charge in [0, 0.05) is 12.8 Å². The monoisotopic (exact) mass is 1100 g/mol. The van der Waals surface area contributed by atoms with Crippen molar-refractivity contribution in [3.8, 4) is 0 Å². The molecule has 0 heterocycles. The smallest absolute Gasteiger partial charge is 0.305 e. The van der Waals surface area contributed by atoms with Gasteiger partial charge in [-0.25, -0.2) is 0 Å². The van der Waals surface area contributed by atoms with Crippen molar-refractivity contribution >= 4 is 11.9 Å². The summed E-state index contributed by atoms with van der Waals surface area (Å²) >= 11 is 0. The second kappa shape index (κ2) is 68.4. The van der Waals surface area contributed by atoms with Gasteiger partial charge in [-0.05, 0) is 25.7 Å². The van der Waals surface area contributed by atoms with Gasteiger partial charge in [0.15, 0.2) is 0 Å². The molecule has 2 atom stereocenters. The average Bonchev–Trinajstić information content (AvgIpc) is 3.44. The lowest BCUT2D eigenvalue weighted by molar-refractivity contribution is -0.143. The Hall–Kier alpha value is -1.14. The van der Waals surface area contributed by atoms with Gasteiger partial charge in [0.05, 0.1) is 25.4 Å². The van der Waals surface area contributed by atoms with Crippen LogP contribution in [0.3, 0.4) is 0 Å². The summed E-state index contributed by atoms with van der Waals surface area (Å²) in [6.45, 7) is 5.01. The lowest BCUT2D eigenvalue weighted by Gasteiger charge is -2.22. The fraction of sp³-hybridized carbons (Fsp3) is 0.972. The molecule has 6 nitrogen and oxygen atoms in total. The second-order valence-electron chi connectivity index (χ2n) is 25.3. The van der Waals surface area contributed by atoms with Crippen molar-refractivity contribution in [3.05, 3.63) is 0 Å². The highest BCUT2D eigenvalue weighted by atomic mass is 16.5. The van der Waals surface area contributed by atoms with Crippen molar-refractivity contribution in [2.45, 2.75) is 437 Å². The number of carbonyl (C=O) groups is 2. The van der Waals surface area contributed by atoms with Gasteiger partial charge >= 0.3 is 5.97 Å². The van der Waals surface area contributed by atoms with Crippen LogP contribution < -0.4 is 5.32 Å². The van der Waals surface area contributed by atoms with Gasteiger partial charge in [0.25, 0.3) is 0 Å². The Kier molecular flexibility index (Phi) is 67.4. The van der Waals surface area contributed by atoms with Gasteiger partial charge in [-0.3, -0.25) is 9.59 Å². The molecule has 0 fully saturated rings. The largest absolute Gasteiger partial charge is 0.466 e. The van der Waals surface area contributed by atoms with Crippen LogP contribution in [0.4, 0.5) is 0 Å². The lowest BCUT2D eigenvalue weighted by atomic mass is 10.0. The zero-order valence-electron chi connectivity index (χ0n) is 53.4. The molecule has 466 valence electrons. The highest BCUT2D eigenvalue weighted by Crippen LogP contribution is 2.20. The van der Waals surface area contributed by atoms with E-state index < -0.39 is 12.1 Å². The number of carbonyl (C=O) groups excluding carboxylic acids is 2. The van der Waals surface area contributed by atoms with E-state index in [0.717, 1.165) is 38.5 Å². The lowest BCUT2D eigenvalue weighted by Crippen LogP contribution is -2.45. The first-order valence-corrected chi connectivity index (χ1v) is 36.3. The molecule has 0 bridgehead atoms. The van der Waals surface area contributed by atoms with Crippen molar-refractivity contribution in [1.29, 1.82) is 0 Å². The maximum absolute atomic E-state index is 12.5. The predicted octanol–water partition coefficient (Wildman–Crippen LogP) is 23.4. The number of esters is 1. The third kappa shape index (κ3) is 64.0. The first kappa shape index (κ1) is 76.9. The molecule has 78 heavy (non-hydrogen) atoms. The molecule has 0 rings (SSSR count). The van der Waals surface area contributed by atoms with Crippen LogP contribution in [-0.2, 0) is 14.3 Å². The summed E-state index contributed by atoms with van der Waals surface area (Å²) < 4.78 is 5.51. The Morgan fingerprint density at radius 1 is 0.308 bits per heavy atom. The Bertz CT molecular complexity index is 1130. The summed E-state index contributed by atoms with van der Waals surface area (Å²) in [5.41, 5.74) is 0. The summed E-state index contributed by atoms with van der Waals surface area (Å²) in [5.74, 6) is -0.00875. The SMILES string of the molecule is CCCCCCCCCCCCCCCCCCCCCCCC(O)C(CO)NC(=O)CCCCCCCCCCCCCCCCCCCCCCCCCOC(=O)CCCCCCCCCCCCCCCCCCC. The topological polar surface area (TPSA) is 95.9 Å². The van der Waals surface area contributed by atoms with E-state index in [0.29, 0.717) is 25.9 Å². The number of hydrogen-bond donors (Lipinski definition) is 3. The number of rotatable bonds is 69. The quantitative estimate of drug-likeness (QED) is 0.0417. The van der Waals surface area contributed by atoms with Crippen LogP contribution in [0.15, 0.2) is 0 Å². The van der Waals surface area contributed by atoms with E-state index in [-0.39, 0.29) is 18.5 Å². The predicted molar refractivity (Wildman–Crippen MR) is 343 cm³/mol. The van der Waals surface area contributed by atoms with E-state index in [4.69, 9.17) is 4.74 Å². The van der Waals surface area contributed by atoms with Crippen LogP contribution in [0.5, 0.6) is 0 Å². The number of aliphatic hydroxyl groups is 2. The highest BCUT2D eigenvalue weighted by molar-refractivity contribution is 5.76. The molecule has 0 aromatic heterocycles. The summed E-state index contributed by atoms with van der Waals surface area (Å²) in [6.07, 6.45) is 82.9. The Labute approximate surface area is 489 Å². The van der Waals surface area contributed by atoms with E-state index >= 15 is 0 Å². The second-order valence-corrected chi connectivity index (χ2v) is 25.3. The molecule has 0 aliphatic heterocycles. The number of aliphatic hydroxyl groups excluding tert-OH is 2. The molecule has 0 saturated heterocycles. The summed E-state index contributed by atoms with van der Waals surface area (Å²) in [6, 6.07) is -0.541. The van der Waals surface area contributed by atoms with Crippen molar-refractivity contribution in [2.24, 2.45) is 0 Å². The van der Waals surface area contributed by atoms with Gasteiger partial charge in [0.2, 0.25) is 5.91 Å². The minimum Gasteiger partial charge on any atom is -0.466 e. The van der Waals surface area contributed by atoms with Gasteiger partial charge in [-0.15, -0.1) is 0 Å². The Morgan fingerprint density at radius 3 is 0.782 bits per heavy atom. The molecule has 6 heteroatoms. The van der Waals surface area contributed by atoms with E-state index in [2.05, 4.69) is 19.2 Å². The zero-order chi connectivity index (χ0) is 56.4. The first-order chi connectivity index (χ1) is 38.5. The van der Waals surface area contributed by atoms with E-state index in [9.17, 15) is 19.8 Å². The molecule has 0 saturated carbocycles. The summed E-state index contributed by atoms with van der Waals surface area (Å²) in [7, 11) is 0. The van der Waals surface area contributed by atoms with Gasteiger partial charge in [0.1, 0.15) is 0 Å². The fourth-order valence-corrected chi connectivity index (χ4v) is 11.9. The number of unbranched alkanes of at least 4 members (excludes halogenated alkanes) is 58. The van der Waals surface area contributed by atoms with Crippen molar-refractivity contribution < 1.29 is 24.5 Å².